The average molecular weight is 290 g/mol. The molecule has 112 valence electrons. The maximum absolute atomic E-state index is 12.1. The molecule has 1 aromatic carbocycles. The Morgan fingerprint density at radius 3 is 2.62 bits per heavy atom. The summed E-state index contributed by atoms with van der Waals surface area (Å²) in [6.07, 6.45) is 0.0980. The van der Waals surface area contributed by atoms with Gasteiger partial charge in [-0.05, 0) is 19.4 Å². The number of carbonyl (C=O) groups is 2. The lowest BCUT2D eigenvalue weighted by Gasteiger charge is -2.22. The van der Waals surface area contributed by atoms with Crippen molar-refractivity contribution in [3.63, 3.8) is 0 Å². The van der Waals surface area contributed by atoms with Crippen molar-refractivity contribution in [2.45, 2.75) is 31.9 Å². The summed E-state index contributed by atoms with van der Waals surface area (Å²) in [5.41, 5.74) is 0.108. The molecule has 0 aliphatic carbocycles. The van der Waals surface area contributed by atoms with Crippen LogP contribution >= 0.6 is 0 Å². The predicted octanol–water partition coefficient (Wildman–Crippen LogP) is 1.57. The Labute approximate surface area is 123 Å². The van der Waals surface area contributed by atoms with Crippen LogP contribution in [-0.2, 0) is 19.2 Å². The van der Waals surface area contributed by atoms with Crippen molar-refractivity contribution in [3.05, 3.63) is 35.9 Å². The lowest BCUT2D eigenvalue weighted by Crippen LogP contribution is -2.52. The molecule has 0 radical (unpaired) electrons. The summed E-state index contributed by atoms with van der Waals surface area (Å²) in [4.78, 5) is 29.0. The van der Waals surface area contributed by atoms with E-state index in [0.29, 0.717) is 6.42 Å². The van der Waals surface area contributed by atoms with Gasteiger partial charge in [0.2, 0.25) is 0 Å². The van der Waals surface area contributed by atoms with E-state index in [2.05, 4.69) is 15.2 Å². The molecule has 2 rings (SSSR count). The van der Waals surface area contributed by atoms with Crippen LogP contribution in [-0.4, -0.2) is 30.2 Å². The van der Waals surface area contributed by atoms with Gasteiger partial charge in [0.25, 0.3) is 5.91 Å². The van der Waals surface area contributed by atoms with Crippen LogP contribution in [0, 0.1) is 0 Å². The summed E-state index contributed by atoms with van der Waals surface area (Å²) < 4.78 is 4.64. The lowest BCUT2D eigenvalue weighted by molar-refractivity contribution is -0.148. The first-order chi connectivity index (χ1) is 9.94. The molecule has 1 aliphatic rings. The van der Waals surface area contributed by atoms with Crippen LogP contribution < -0.4 is 5.32 Å². The van der Waals surface area contributed by atoms with Gasteiger partial charge < -0.3 is 14.9 Å². The van der Waals surface area contributed by atoms with Crippen molar-refractivity contribution in [3.8, 4) is 0 Å². The van der Waals surface area contributed by atoms with Crippen molar-refractivity contribution in [2.75, 3.05) is 7.11 Å². The molecular formula is C15H18N2O4. The molecule has 21 heavy (non-hydrogen) atoms. The SMILES string of the molecule is COC(=O)C(C)(C)NC(=O)C1=NOC(c2ccccc2)C1. The molecule has 6 heteroatoms. The van der Waals surface area contributed by atoms with Crippen LogP contribution in [0.3, 0.4) is 0 Å². The summed E-state index contributed by atoms with van der Waals surface area (Å²) >= 11 is 0. The van der Waals surface area contributed by atoms with Gasteiger partial charge in [-0.3, -0.25) is 4.79 Å². The molecule has 1 unspecified atom stereocenters. The first-order valence-electron chi connectivity index (χ1n) is 6.62. The molecule has 1 N–H and O–H groups in total. The number of benzene rings is 1. The maximum atomic E-state index is 12.1. The number of hydrogen-bond acceptors (Lipinski definition) is 5. The number of methoxy groups -OCH3 is 1. The van der Waals surface area contributed by atoms with Crippen molar-refractivity contribution >= 4 is 17.6 Å². The Hall–Kier alpha value is -2.37. The van der Waals surface area contributed by atoms with Gasteiger partial charge in [0, 0.05) is 6.42 Å². The second-order valence-electron chi connectivity index (χ2n) is 5.32. The third-order valence-electron chi connectivity index (χ3n) is 3.22. The van der Waals surface area contributed by atoms with Gasteiger partial charge in [-0.2, -0.15) is 0 Å². The molecule has 0 spiro atoms. The van der Waals surface area contributed by atoms with E-state index in [1.54, 1.807) is 13.8 Å². The van der Waals surface area contributed by atoms with Gasteiger partial charge >= 0.3 is 5.97 Å². The number of nitrogens with zero attached hydrogens (tertiary/aromatic N) is 1. The summed E-state index contributed by atoms with van der Waals surface area (Å²) in [5, 5.41) is 6.41. The van der Waals surface area contributed by atoms with Crippen LogP contribution in [0.1, 0.15) is 31.9 Å². The molecule has 0 fully saturated rings. The molecular weight excluding hydrogens is 272 g/mol. The summed E-state index contributed by atoms with van der Waals surface area (Å²) in [6, 6.07) is 9.54. The fourth-order valence-electron chi connectivity index (χ4n) is 2.02. The van der Waals surface area contributed by atoms with Gasteiger partial charge in [-0.15, -0.1) is 0 Å². The van der Waals surface area contributed by atoms with E-state index in [9.17, 15) is 9.59 Å². The van der Waals surface area contributed by atoms with E-state index in [0.717, 1.165) is 5.56 Å². The highest BCUT2D eigenvalue weighted by atomic mass is 16.6. The monoisotopic (exact) mass is 290 g/mol. The molecule has 1 aromatic rings. The number of esters is 1. The third kappa shape index (κ3) is 3.39. The van der Waals surface area contributed by atoms with Crippen molar-refractivity contribution in [2.24, 2.45) is 5.16 Å². The quantitative estimate of drug-likeness (QED) is 0.854. The minimum Gasteiger partial charge on any atom is -0.467 e. The molecule has 1 atom stereocenters. The number of amides is 1. The van der Waals surface area contributed by atoms with E-state index < -0.39 is 17.4 Å². The molecule has 1 heterocycles. The number of oxime groups is 1. The van der Waals surface area contributed by atoms with Crippen LogP contribution in [0.25, 0.3) is 0 Å². The van der Waals surface area contributed by atoms with E-state index in [4.69, 9.17) is 4.84 Å². The van der Waals surface area contributed by atoms with Gasteiger partial charge in [0.05, 0.1) is 7.11 Å². The fourth-order valence-corrected chi connectivity index (χ4v) is 2.02. The topological polar surface area (TPSA) is 77.0 Å². The molecule has 6 nitrogen and oxygen atoms in total. The molecule has 0 aromatic heterocycles. The van der Waals surface area contributed by atoms with Gasteiger partial charge in [-0.25, -0.2) is 4.79 Å². The highest BCUT2D eigenvalue weighted by Gasteiger charge is 2.34. The molecule has 0 bridgehead atoms. The first kappa shape index (κ1) is 15.0. The maximum Gasteiger partial charge on any atom is 0.330 e. The number of hydrogen-bond donors (Lipinski definition) is 1. The smallest absolute Gasteiger partial charge is 0.330 e. The van der Waals surface area contributed by atoms with Gasteiger partial charge in [-0.1, -0.05) is 35.5 Å². The van der Waals surface area contributed by atoms with Crippen LogP contribution in [0.4, 0.5) is 0 Å². The lowest BCUT2D eigenvalue weighted by atomic mass is 10.0. The molecule has 1 amide bonds. The number of carbonyl (C=O) groups excluding carboxylic acids is 2. The average Bonchev–Trinajstić information content (AvgIpc) is 2.96. The second kappa shape index (κ2) is 5.95. The summed E-state index contributed by atoms with van der Waals surface area (Å²) in [6.45, 7) is 3.14. The standard InChI is InChI=1S/C15H18N2O4/c1-15(2,14(19)20-3)16-13(18)11-9-12(21-17-11)10-7-5-4-6-8-10/h4-8,12H,9H2,1-3H3,(H,16,18). The molecule has 1 aliphatic heterocycles. The highest BCUT2D eigenvalue weighted by molar-refractivity contribution is 6.39. The van der Waals surface area contributed by atoms with Crippen LogP contribution in [0.5, 0.6) is 0 Å². The van der Waals surface area contributed by atoms with Crippen molar-refractivity contribution in [1.82, 2.24) is 5.32 Å². The Morgan fingerprint density at radius 1 is 1.33 bits per heavy atom. The van der Waals surface area contributed by atoms with E-state index in [-0.39, 0.29) is 11.8 Å². The third-order valence-corrected chi connectivity index (χ3v) is 3.22. The van der Waals surface area contributed by atoms with E-state index in [1.165, 1.54) is 7.11 Å². The first-order valence-corrected chi connectivity index (χ1v) is 6.62. The Balaban J connectivity index is 1.98. The molecule has 0 saturated heterocycles. The van der Waals surface area contributed by atoms with E-state index in [1.807, 2.05) is 30.3 Å². The largest absolute Gasteiger partial charge is 0.467 e. The fraction of sp³-hybridized carbons (Fsp3) is 0.400. The van der Waals surface area contributed by atoms with Gasteiger partial charge in [0.15, 0.2) is 6.10 Å². The summed E-state index contributed by atoms with van der Waals surface area (Å²) in [7, 11) is 1.28. The number of ether oxygens (including phenoxy) is 1. The van der Waals surface area contributed by atoms with Crippen LogP contribution in [0.2, 0.25) is 0 Å². The zero-order valence-corrected chi connectivity index (χ0v) is 12.3. The molecule has 0 saturated carbocycles. The zero-order chi connectivity index (χ0) is 15.5. The second-order valence-corrected chi connectivity index (χ2v) is 5.32. The number of rotatable bonds is 4. The minimum absolute atomic E-state index is 0.265. The van der Waals surface area contributed by atoms with Gasteiger partial charge in [0.1, 0.15) is 11.3 Å². The zero-order valence-electron chi connectivity index (χ0n) is 12.3. The van der Waals surface area contributed by atoms with Crippen molar-refractivity contribution < 1.29 is 19.2 Å². The predicted molar refractivity (Wildman–Crippen MR) is 76.6 cm³/mol. The number of nitrogens with one attached hydrogen (secondary N) is 1. The Kier molecular flexibility index (Phi) is 4.26. The summed E-state index contributed by atoms with van der Waals surface area (Å²) in [5.74, 6) is -0.946. The Morgan fingerprint density at radius 2 is 2.00 bits per heavy atom. The van der Waals surface area contributed by atoms with E-state index >= 15 is 0 Å². The van der Waals surface area contributed by atoms with Crippen LogP contribution in [0.15, 0.2) is 35.5 Å². The minimum atomic E-state index is -1.11. The normalized spacial score (nSPS) is 17.7. The van der Waals surface area contributed by atoms with Crippen molar-refractivity contribution in [1.29, 1.82) is 0 Å². The Bertz CT molecular complexity index is 566. The highest BCUT2D eigenvalue weighted by Crippen LogP contribution is 2.27.